The molecule has 21 heavy (non-hydrogen) atoms. The summed E-state index contributed by atoms with van der Waals surface area (Å²) in [5.41, 5.74) is -1.75. The van der Waals surface area contributed by atoms with Gasteiger partial charge in [0.05, 0.1) is 10.6 Å². The normalized spacial score (nSPS) is 11.5. The third-order valence-electron chi connectivity index (χ3n) is 2.71. The second-order valence-corrected chi connectivity index (χ2v) is 4.56. The fourth-order valence-electron chi connectivity index (χ4n) is 1.69. The quantitative estimate of drug-likeness (QED) is 0.438. The monoisotopic (exact) mass is 320 g/mol. The van der Waals surface area contributed by atoms with Crippen LogP contribution in [0, 0.1) is 11.6 Å². The number of carbonyl (C=O) groups excluding carboxylic acids is 1. The van der Waals surface area contributed by atoms with Crippen LogP contribution in [-0.4, -0.2) is 5.78 Å². The van der Waals surface area contributed by atoms with Crippen molar-refractivity contribution in [3.05, 3.63) is 69.7 Å². The number of benzene rings is 2. The van der Waals surface area contributed by atoms with E-state index in [-0.39, 0.29) is 10.6 Å². The minimum Gasteiger partial charge on any atom is -0.289 e. The third kappa shape index (κ3) is 3.21. The Morgan fingerprint density at radius 3 is 2.24 bits per heavy atom. The van der Waals surface area contributed by atoms with Crippen molar-refractivity contribution in [2.45, 2.75) is 6.18 Å². The molecular formula is C14H6ClF5O. The van der Waals surface area contributed by atoms with Crippen LogP contribution in [0.4, 0.5) is 22.0 Å². The van der Waals surface area contributed by atoms with Gasteiger partial charge in [0.2, 0.25) is 0 Å². The van der Waals surface area contributed by atoms with Crippen molar-refractivity contribution >= 4 is 17.4 Å². The Bertz CT molecular complexity index is 709. The van der Waals surface area contributed by atoms with Gasteiger partial charge in [-0.1, -0.05) is 23.7 Å². The zero-order valence-corrected chi connectivity index (χ0v) is 10.9. The van der Waals surface area contributed by atoms with Crippen LogP contribution in [0.1, 0.15) is 21.5 Å². The lowest BCUT2D eigenvalue weighted by Crippen LogP contribution is -2.09. The Hall–Kier alpha value is -1.95. The first-order valence-electron chi connectivity index (χ1n) is 5.56. The van der Waals surface area contributed by atoms with Crippen LogP contribution < -0.4 is 0 Å². The van der Waals surface area contributed by atoms with Crippen molar-refractivity contribution in [2.75, 3.05) is 0 Å². The largest absolute Gasteiger partial charge is 0.416 e. The molecular weight excluding hydrogens is 315 g/mol. The first kappa shape index (κ1) is 15.4. The molecule has 0 amide bonds. The Morgan fingerprint density at radius 2 is 1.62 bits per heavy atom. The van der Waals surface area contributed by atoms with E-state index >= 15 is 0 Å². The molecule has 2 aromatic carbocycles. The smallest absolute Gasteiger partial charge is 0.289 e. The minimum absolute atomic E-state index is 0.322. The van der Waals surface area contributed by atoms with E-state index in [4.69, 9.17) is 11.6 Å². The van der Waals surface area contributed by atoms with Crippen LogP contribution in [0.25, 0.3) is 0 Å². The van der Waals surface area contributed by atoms with Crippen molar-refractivity contribution in [3.63, 3.8) is 0 Å². The zero-order chi connectivity index (χ0) is 15.8. The van der Waals surface area contributed by atoms with Crippen LogP contribution in [0.15, 0.2) is 36.4 Å². The molecule has 0 unspecified atom stereocenters. The summed E-state index contributed by atoms with van der Waals surface area (Å²) in [5, 5.41) is -0.378. The lowest BCUT2D eigenvalue weighted by Gasteiger charge is -2.09. The van der Waals surface area contributed by atoms with Crippen molar-refractivity contribution in [1.29, 1.82) is 0 Å². The van der Waals surface area contributed by atoms with Crippen molar-refractivity contribution in [2.24, 2.45) is 0 Å². The molecule has 2 rings (SSSR count). The predicted octanol–water partition coefficient (Wildman–Crippen LogP) is 4.87. The summed E-state index contributed by atoms with van der Waals surface area (Å²) in [7, 11) is 0. The highest BCUT2D eigenvalue weighted by atomic mass is 35.5. The summed E-state index contributed by atoms with van der Waals surface area (Å²) in [6, 6.07) is 4.75. The molecule has 0 fully saturated rings. The van der Waals surface area contributed by atoms with E-state index in [1.54, 1.807) is 0 Å². The molecule has 2 aromatic rings. The SMILES string of the molecule is O=C(c1cccc(C(F)(F)F)c1)c1cc(F)c(F)cc1Cl. The molecule has 0 spiro atoms. The molecule has 0 aliphatic heterocycles. The molecule has 0 saturated carbocycles. The average Bonchev–Trinajstić information content (AvgIpc) is 2.41. The number of rotatable bonds is 2. The van der Waals surface area contributed by atoms with Crippen LogP contribution in [0.5, 0.6) is 0 Å². The first-order chi connectivity index (χ1) is 9.70. The van der Waals surface area contributed by atoms with Crippen LogP contribution in [-0.2, 0) is 6.18 Å². The maximum atomic E-state index is 13.1. The minimum atomic E-state index is -4.62. The van der Waals surface area contributed by atoms with E-state index in [1.165, 1.54) is 0 Å². The molecule has 110 valence electrons. The van der Waals surface area contributed by atoms with Gasteiger partial charge in [0.1, 0.15) is 0 Å². The van der Waals surface area contributed by atoms with Gasteiger partial charge in [0, 0.05) is 11.1 Å². The van der Waals surface area contributed by atoms with E-state index in [2.05, 4.69) is 0 Å². The average molecular weight is 321 g/mol. The second-order valence-electron chi connectivity index (χ2n) is 4.15. The zero-order valence-electron chi connectivity index (χ0n) is 10.1. The number of alkyl halides is 3. The van der Waals surface area contributed by atoms with Crippen LogP contribution in [0.2, 0.25) is 5.02 Å². The summed E-state index contributed by atoms with van der Waals surface area (Å²) >= 11 is 5.63. The van der Waals surface area contributed by atoms with Gasteiger partial charge in [-0.2, -0.15) is 13.2 Å². The van der Waals surface area contributed by atoms with Crippen molar-refractivity contribution < 1.29 is 26.7 Å². The van der Waals surface area contributed by atoms with Crippen molar-refractivity contribution in [1.82, 2.24) is 0 Å². The van der Waals surface area contributed by atoms with Gasteiger partial charge < -0.3 is 0 Å². The number of hydrogen-bond acceptors (Lipinski definition) is 1. The summed E-state index contributed by atoms with van der Waals surface area (Å²) < 4.78 is 63.8. The maximum Gasteiger partial charge on any atom is 0.416 e. The summed E-state index contributed by atoms with van der Waals surface area (Å²) in [4.78, 5) is 12.1. The standard InChI is InChI=1S/C14H6ClF5O/c15-10-6-12(17)11(16)5-9(10)13(21)7-2-1-3-8(4-7)14(18,19)20/h1-6H. The highest BCUT2D eigenvalue weighted by molar-refractivity contribution is 6.35. The van der Waals surface area contributed by atoms with Crippen LogP contribution >= 0.6 is 11.6 Å². The molecule has 0 bridgehead atoms. The van der Waals surface area contributed by atoms with Gasteiger partial charge in [0.25, 0.3) is 0 Å². The Balaban J connectivity index is 2.48. The van der Waals surface area contributed by atoms with Gasteiger partial charge in [0.15, 0.2) is 17.4 Å². The van der Waals surface area contributed by atoms with Gasteiger partial charge in [-0.25, -0.2) is 8.78 Å². The van der Waals surface area contributed by atoms with Gasteiger partial charge in [-0.05, 0) is 24.3 Å². The first-order valence-corrected chi connectivity index (χ1v) is 5.94. The molecule has 0 saturated heterocycles. The fraction of sp³-hybridized carbons (Fsp3) is 0.0714. The molecule has 0 N–H and O–H groups in total. The molecule has 0 atom stereocenters. The lowest BCUT2D eigenvalue weighted by molar-refractivity contribution is -0.137. The highest BCUT2D eigenvalue weighted by Crippen LogP contribution is 2.30. The van der Waals surface area contributed by atoms with Crippen molar-refractivity contribution in [3.8, 4) is 0 Å². The Morgan fingerprint density at radius 1 is 1.00 bits per heavy atom. The lowest BCUT2D eigenvalue weighted by atomic mass is 10.0. The Kier molecular flexibility index (Phi) is 4.00. The van der Waals surface area contributed by atoms with Crippen LogP contribution in [0.3, 0.4) is 0 Å². The topological polar surface area (TPSA) is 17.1 Å². The summed E-state index contributed by atoms with van der Waals surface area (Å²) in [6.45, 7) is 0. The fourth-order valence-corrected chi connectivity index (χ4v) is 1.93. The van der Waals surface area contributed by atoms with E-state index in [1.807, 2.05) is 0 Å². The number of hydrogen-bond donors (Lipinski definition) is 0. The van der Waals surface area contributed by atoms with E-state index in [9.17, 15) is 26.7 Å². The van der Waals surface area contributed by atoms with Gasteiger partial charge in [-0.3, -0.25) is 4.79 Å². The molecule has 0 aromatic heterocycles. The summed E-state index contributed by atoms with van der Waals surface area (Å²) in [6.07, 6.45) is -4.62. The molecule has 0 heterocycles. The van der Waals surface area contributed by atoms with E-state index in [0.717, 1.165) is 18.2 Å². The molecule has 1 nitrogen and oxygen atoms in total. The number of ketones is 1. The number of carbonyl (C=O) groups is 1. The highest BCUT2D eigenvalue weighted by Gasteiger charge is 2.31. The Labute approximate surface area is 121 Å². The van der Waals surface area contributed by atoms with E-state index < -0.39 is 34.7 Å². The molecule has 7 heteroatoms. The van der Waals surface area contributed by atoms with Gasteiger partial charge in [-0.15, -0.1) is 0 Å². The third-order valence-corrected chi connectivity index (χ3v) is 3.02. The molecule has 0 aliphatic carbocycles. The predicted molar refractivity (Wildman–Crippen MR) is 66.2 cm³/mol. The molecule has 0 aliphatic rings. The second kappa shape index (κ2) is 5.44. The maximum absolute atomic E-state index is 13.1. The number of halogens is 6. The van der Waals surface area contributed by atoms with E-state index in [0.29, 0.717) is 18.2 Å². The van der Waals surface area contributed by atoms with Gasteiger partial charge >= 0.3 is 6.18 Å². The summed E-state index contributed by atoms with van der Waals surface area (Å²) in [5.74, 6) is -3.49. The molecule has 0 radical (unpaired) electrons.